The van der Waals surface area contributed by atoms with Gasteiger partial charge in [-0.1, -0.05) is 18.0 Å². The zero-order chi connectivity index (χ0) is 16.0. The molecule has 0 unspecified atom stereocenters. The van der Waals surface area contributed by atoms with E-state index >= 15 is 0 Å². The minimum atomic E-state index is -0.797. The molecule has 0 aromatic carbocycles. The van der Waals surface area contributed by atoms with Gasteiger partial charge in [0.1, 0.15) is 17.9 Å². The molecule has 1 aliphatic carbocycles. The normalized spacial score (nSPS) is 17.0. The molecule has 10 heteroatoms. The lowest BCUT2D eigenvalue weighted by molar-refractivity contribution is -0.385. The van der Waals surface area contributed by atoms with Gasteiger partial charge in [0, 0.05) is 0 Å². The highest BCUT2D eigenvalue weighted by Crippen LogP contribution is 2.35. The van der Waals surface area contributed by atoms with Crippen molar-refractivity contribution in [1.29, 1.82) is 0 Å². The maximum atomic E-state index is 10.8. The number of nitrogens with zero attached hydrogens (tertiary/aromatic N) is 5. The summed E-state index contributed by atoms with van der Waals surface area (Å²) in [5.74, 6) is 0.826. The van der Waals surface area contributed by atoms with E-state index in [-0.39, 0.29) is 18.1 Å². The second kappa shape index (κ2) is 5.89. The number of nitro groups is 1. The van der Waals surface area contributed by atoms with Gasteiger partial charge in [-0.3, -0.25) is 14.8 Å². The van der Waals surface area contributed by atoms with Crippen LogP contribution in [0.1, 0.15) is 51.2 Å². The van der Waals surface area contributed by atoms with E-state index in [0.29, 0.717) is 11.7 Å². The van der Waals surface area contributed by atoms with Crippen molar-refractivity contribution in [2.45, 2.75) is 50.6 Å². The molecule has 2 N–H and O–H groups in total. The van der Waals surface area contributed by atoms with E-state index in [1.54, 1.807) is 13.8 Å². The second-order valence-corrected chi connectivity index (χ2v) is 6.25. The van der Waals surface area contributed by atoms with Gasteiger partial charge in [0.05, 0.1) is 10.5 Å². The van der Waals surface area contributed by atoms with Crippen molar-refractivity contribution in [2.75, 3.05) is 0 Å². The standard InChI is InChI=1S/C13H18N6O3.ClH/c1-12(2,18-8-9(7-15-18)19(20)21)11-16-10(17-22-11)13(14)5-3-4-6-13;/h7-8H,3-6,14H2,1-2H3;1H. The van der Waals surface area contributed by atoms with Crippen LogP contribution in [0.5, 0.6) is 0 Å². The van der Waals surface area contributed by atoms with Gasteiger partial charge < -0.3 is 10.3 Å². The van der Waals surface area contributed by atoms with E-state index in [0.717, 1.165) is 25.7 Å². The van der Waals surface area contributed by atoms with Gasteiger partial charge in [-0.15, -0.1) is 12.4 Å². The van der Waals surface area contributed by atoms with Crippen LogP contribution in [0.2, 0.25) is 0 Å². The first-order valence-electron chi connectivity index (χ1n) is 7.16. The number of hydrogen-bond acceptors (Lipinski definition) is 7. The molecule has 3 rings (SSSR count). The Morgan fingerprint density at radius 2 is 2.09 bits per heavy atom. The summed E-state index contributed by atoms with van der Waals surface area (Å²) < 4.78 is 6.80. The average molecular weight is 343 g/mol. The van der Waals surface area contributed by atoms with Crippen molar-refractivity contribution in [1.82, 2.24) is 19.9 Å². The SMILES string of the molecule is CC(C)(c1nc(C2(N)CCCC2)no1)n1cc([N+](=O)[O-])cn1.Cl. The van der Waals surface area contributed by atoms with Crippen molar-refractivity contribution in [3.63, 3.8) is 0 Å². The summed E-state index contributed by atoms with van der Waals surface area (Å²) in [6.07, 6.45) is 6.31. The summed E-state index contributed by atoms with van der Waals surface area (Å²) in [6, 6.07) is 0. The van der Waals surface area contributed by atoms with Crippen LogP contribution in [0.4, 0.5) is 5.69 Å². The van der Waals surface area contributed by atoms with Crippen LogP contribution in [0.15, 0.2) is 16.9 Å². The fourth-order valence-corrected chi connectivity index (χ4v) is 2.72. The molecular weight excluding hydrogens is 324 g/mol. The smallest absolute Gasteiger partial charge is 0.307 e. The first-order valence-corrected chi connectivity index (χ1v) is 7.16. The summed E-state index contributed by atoms with van der Waals surface area (Å²) in [6.45, 7) is 3.61. The predicted molar refractivity (Wildman–Crippen MR) is 83.2 cm³/mol. The van der Waals surface area contributed by atoms with Crippen molar-refractivity contribution >= 4 is 18.1 Å². The van der Waals surface area contributed by atoms with Gasteiger partial charge in [-0.25, -0.2) is 0 Å². The first-order chi connectivity index (χ1) is 10.3. The van der Waals surface area contributed by atoms with Crippen LogP contribution >= 0.6 is 12.4 Å². The van der Waals surface area contributed by atoms with Crippen LogP contribution in [0, 0.1) is 10.1 Å². The van der Waals surface area contributed by atoms with Crippen LogP contribution in [0.3, 0.4) is 0 Å². The fraction of sp³-hybridized carbons (Fsp3) is 0.615. The lowest BCUT2D eigenvalue weighted by Crippen LogP contribution is -2.35. The van der Waals surface area contributed by atoms with Crippen LogP contribution in [0.25, 0.3) is 0 Å². The number of halogens is 1. The van der Waals surface area contributed by atoms with Crippen LogP contribution in [-0.4, -0.2) is 24.8 Å². The Balaban J connectivity index is 0.00000192. The summed E-state index contributed by atoms with van der Waals surface area (Å²) in [4.78, 5) is 14.7. The van der Waals surface area contributed by atoms with Gasteiger partial charge >= 0.3 is 5.69 Å². The maximum Gasteiger partial charge on any atom is 0.307 e. The number of rotatable bonds is 4. The van der Waals surface area contributed by atoms with E-state index in [1.807, 2.05) is 0 Å². The summed E-state index contributed by atoms with van der Waals surface area (Å²) in [5, 5.41) is 18.8. The highest BCUT2D eigenvalue weighted by molar-refractivity contribution is 5.85. The lowest BCUT2D eigenvalue weighted by Gasteiger charge is -2.21. The zero-order valence-corrected chi connectivity index (χ0v) is 13.7. The van der Waals surface area contributed by atoms with E-state index < -0.39 is 16.0 Å². The third kappa shape index (κ3) is 2.93. The molecule has 0 aliphatic heterocycles. The molecule has 0 saturated heterocycles. The Morgan fingerprint density at radius 3 is 2.65 bits per heavy atom. The quantitative estimate of drug-likeness (QED) is 0.665. The zero-order valence-electron chi connectivity index (χ0n) is 12.9. The highest BCUT2D eigenvalue weighted by atomic mass is 35.5. The number of nitrogens with two attached hydrogens (primary N) is 1. The molecule has 9 nitrogen and oxygen atoms in total. The molecule has 0 atom stereocenters. The number of hydrogen-bond donors (Lipinski definition) is 1. The molecule has 1 aliphatic rings. The number of aromatic nitrogens is 4. The average Bonchev–Trinajstić information content (AvgIpc) is 3.19. The first kappa shape index (κ1) is 17.4. The summed E-state index contributed by atoms with van der Waals surface area (Å²) in [7, 11) is 0. The molecule has 126 valence electrons. The minimum absolute atomic E-state index is 0. The van der Waals surface area contributed by atoms with Gasteiger partial charge in [0.2, 0.25) is 0 Å². The summed E-state index contributed by atoms with van der Waals surface area (Å²) in [5.41, 5.74) is 4.91. The van der Waals surface area contributed by atoms with Gasteiger partial charge in [0.15, 0.2) is 5.82 Å². The fourth-order valence-electron chi connectivity index (χ4n) is 2.72. The Kier molecular flexibility index (Phi) is 4.45. The molecule has 0 amide bonds. The summed E-state index contributed by atoms with van der Waals surface area (Å²) >= 11 is 0. The Bertz CT molecular complexity index is 704. The molecule has 0 bridgehead atoms. The Morgan fingerprint density at radius 1 is 1.43 bits per heavy atom. The van der Waals surface area contributed by atoms with Gasteiger partial charge in [-0.2, -0.15) is 10.1 Å². The molecule has 23 heavy (non-hydrogen) atoms. The molecule has 2 heterocycles. The Hall–Kier alpha value is -2.00. The van der Waals surface area contributed by atoms with Crippen molar-refractivity contribution in [3.8, 4) is 0 Å². The molecule has 0 radical (unpaired) electrons. The van der Waals surface area contributed by atoms with Crippen LogP contribution in [-0.2, 0) is 11.1 Å². The largest absolute Gasteiger partial charge is 0.337 e. The molecular formula is C13H19ClN6O3. The highest BCUT2D eigenvalue weighted by Gasteiger charge is 2.39. The van der Waals surface area contributed by atoms with E-state index in [1.165, 1.54) is 17.1 Å². The maximum absolute atomic E-state index is 10.8. The predicted octanol–water partition coefficient (Wildman–Crippen LogP) is 2.11. The Labute approximate surface area is 138 Å². The molecule has 1 saturated carbocycles. The van der Waals surface area contributed by atoms with Crippen molar-refractivity contribution < 1.29 is 9.45 Å². The van der Waals surface area contributed by atoms with E-state index in [4.69, 9.17) is 10.3 Å². The van der Waals surface area contributed by atoms with Crippen molar-refractivity contribution in [3.05, 3.63) is 34.2 Å². The topological polar surface area (TPSA) is 126 Å². The second-order valence-electron chi connectivity index (χ2n) is 6.25. The molecule has 2 aromatic heterocycles. The third-order valence-corrected chi connectivity index (χ3v) is 4.24. The molecule has 2 aromatic rings. The molecule has 1 fully saturated rings. The van der Waals surface area contributed by atoms with Gasteiger partial charge in [0.25, 0.3) is 5.89 Å². The minimum Gasteiger partial charge on any atom is -0.337 e. The van der Waals surface area contributed by atoms with Crippen molar-refractivity contribution in [2.24, 2.45) is 5.73 Å². The van der Waals surface area contributed by atoms with E-state index in [9.17, 15) is 10.1 Å². The van der Waals surface area contributed by atoms with Gasteiger partial charge in [-0.05, 0) is 26.7 Å². The third-order valence-electron chi connectivity index (χ3n) is 4.24. The lowest BCUT2D eigenvalue weighted by atomic mass is 9.98. The van der Waals surface area contributed by atoms with Crippen LogP contribution < -0.4 is 5.73 Å². The molecule has 0 spiro atoms. The monoisotopic (exact) mass is 342 g/mol. The van der Waals surface area contributed by atoms with E-state index in [2.05, 4.69) is 15.2 Å².